The summed E-state index contributed by atoms with van der Waals surface area (Å²) in [5.41, 5.74) is 3.54. The minimum atomic E-state index is -0.484. The lowest BCUT2D eigenvalue weighted by Gasteiger charge is -2.18. The summed E-state index contributed by atoms with van der Waals surface area (Å²) >= 11 is 0. The standard InChI is InChI=1S/C22H20N2O4/c1-27-15-9-7-14(8-10-15)21(25)24-12-11-17-16-5-3-4-6-19(16)23-20(17)18(13-24)22(26)28-2/h3-10,13,23H,11-12H2,1-2H3. The quantitative estimate of drug-likeness (QED) is 0.712. The van der Waals surface area contributed by atoms with Gasteiger partial charge in [-0.05, 0) is 42.3 Å². The van der Waals surface area contributed by atoms with Crippen LogP contribution in [0.15, 0.2) is 54.7 Å². The number of carbonyl (C=O) groups is 2. The molecule has 142 valence electrons. The second kappa shape index (κ2) is 7.23. The number of H-pyrrole nitrogens is 1. The third-order valence-electron chi connectivity index (χ3n) is 4.97. The van der Waals surface area contributed by atoms with E-state index < -0.39 is 5.97 Å². The Labute approximate surface area is 162 Å². The van der Waals surface area contributed by atoms with Crippen LogP contribution in [0.3, 0.4) is 0 Å². The summed E-state index contributed by atoms with van der Waals surface area (Å²) in [6, 6.07) is 14.8. The van der Waals surface area contributed by atoms with Gasteiger partial charge in [-0.1, -0.05) is 18.2 Å². The van der Waals surface area contributed by atoms with Crippen molar-refractivity contribution < 1.29 is 19.1 Å². The van der Waals surface area contributed by atoms with E-state index in [2.05, 4.69) is 4.98 Å². The predicted octanol–water partition coefficient (Wildman–Crippen LogP) is 3.39. The number of para-hydroxylation sites is 1. The van der Waals surface area contributed by atoms with E-state index in [9.17, 15) is 9.59 Å². The highest BCUT2D eigenvalue weighted by Gasteiger charge is 2.27. The molecule has 1 N–H and O–H groups in total. The molecule has 0 bridgehead atoms. The summed E-state index contributed by atoms with van der Waals surface area (Å²) in [6.45, 7) is 0.459. The van der Waals surface area contributed by atoms with Crippen molar-refractivity contribution in [1.82, 2.24) is 9.88 Å². The van der Waals surface area contributed by atoms with Crippen LogP contribution in [-0.2, 0) is 16.0 Å². The van der Waals surface area contributed by atoms with E-state index >= 15 is 0 Å². The number of amides is 1. The average Bonchev–Trinajstić information content (AvgIpc) is 3.00. The number of carbonyl (C=O) groups excluding carboxylic acids is 2. The molecule has 1 aliphatic heterocycles. The van der Waals surface area contributed by atoms with Gasteiger partial charge in [0.1, 0.15) is 5.75 Å². The van der Waals surface area contributed by atoms with Crippen molar-refractivity contribution in [1.29, 1.82) is 0 Å². The first-order valence-electron chi connectivity index (χ1n) is 8.97. The van der Waals surface area contributed by atoms with Crippen LogP contribution < -0.4 is 4.74 Å². The van der Waals surface area contributed by atoms with Gasteiger partial charge in [0, 0.05) is 29.2 Å². The maximum atomic E-state index is 13.0. The Morgan fingerprint density at radius 3 is 2.50 bits per heavy atom. The molecule has 0 saturated heterocycles. The number of methoxy groups -OCH3 is 2. The van der Waals surface area contributed by atoms with Crippen LogP contribution in [0.1, 0.15) is 21.6 Å². The fraction of sp³-hybridized carbons (Fsp3) is 0.182. The normalized spacial score (nSPS) is 13.5. The molecule has 6 nitrogen and oxygen atoms in total. The summed E-state index contributed by atoms with van der Waals surface area (Å²) in [6.07, 6.45) is 2.21. The van der Waals surface area contributed by atoms with Crippen molar-refractivity contribution in [3.05, 3.63) is 71.6 Å². The molecule has 0 saturated carbocycles. The van der Waals surface area contributed by atoms with E-state index in [-0.39, 0.29) is 5.91 Å². The maximum Gasteiger partial charge on any atom is 0.341 e. The Morgan fingerprint density at radius 2 is 1.79 bits per heavy atom. The molecule has 4 rings (SSSR count). The lowest BCUT2D eigenvalue weighted by Crippen LogP contribution is -2.27. The fourth-order valence-electron chi connectivity index (χ4n) is 3.53. The molecule has 0 unspecified atom stereocenters. The van der Waals surface area contributed by atoms with Crippen LogP contribution in [0, 0.1) is 0 Å². The van der Waals surface area contributed by atoms with E-state index in [1.54, 1.807) is 42.5 Å². The van der Waals surface area contributed by atoms with Gasteiger partial charge in [-0.25, -0.2) is 4.79 Å². The van der Waals surface area contributed by atoms with E-state index in [1.165, 1.54) is 7.11 Å². The molecule has 1 aliphatic rings. The van der Waals surface area contributed by atoms with Crippen molar-refractivity contribution >= 4 is 28.4 Å². The van der Waals surface area contributed by atoms with Gasteiger partial charge in [-0.3, -0.25) is 4.79 Å². The molecular formula is C22H20N2O4. The highest BCUT2D eigenvalue weighted by Crippen LogP contribution is 2.31. The van der Waals surface area contributed by atoms with Crippen LogP contribution >= 0.6 is 0 Å². The zero-order valence-electron chi connectivity index (χ0n) is 15.7. The van der Waals surface area contributed by atoms with Crippen molar-refractivity contribution in [3.63, 3.8) is 0 Å². The van der Waals surface area contributed by atoms with E-state index in [4.69, 9.17) is 9.47 Å². The zero-order valence-corrected chi connectivity index (χ0v) is 15.7. The zero-order chi connectivity index (χ0) is 19.7. The van der Waals surface area contributed by atoms with Gasteiger partial charge in [0.25, 0.3) is 5.91 Å². The lowest BCUT2D eigenvalue weighted by molar-refractivity contribution is -0.133. The predicted molar refractivity (Wildman–Crippen MR) is 106 cm³/mol. The summed E-state index contributed by atoms with van der Waals surface area (Å²) in [5.74, 6) is 0.0143. The molecule has 28 heavy (non-hydrogen) atoms. The van der Waals surface area contributed by atoms with Crippen LogP contribution in [-0.4, -0.2) is 42.5 Å². The smallest absolute Gasteiger partial charge is 0.341 e. The molecule has 1 amide bonds. The van der Waals surface area contributed by atoms with Gasteiger partial charge in [-0.2, -0.15) is 0 Å². The van der Waals surface area contributed by atoms with Crippen LogP contribution in [0.25, 0.3) is 16.5 Å². The highest BCUT2D eigenvalue weighted by atomic mass is 16.5. The van der Waals surface area contributed by atoms with Crippen molar-refractivity contribution in [2.24, 2.45) is 0 Å². The minimum Gasteiger partial charge on any atom is -0.497 e. The van der Waals surface area contributed by atoms with Gasteiger partial charge in [0.15, 0.2) is 0 Å². The first kappa shape index (κ1) is 17.9. The van der Waals surface area contributed by atoms with Gasteiger partial charge >= 0.3 is 5.97 Å². The number of esters is 1. The molecule has 3 aromatic rings. The van der Waals surface area contributed by atoms with Crippen LogP contribution in [0.5, 0.6) is 5.75 Å². The molecule has 2 heterocycles. The number of aromatic nitrogens is 1. The maximum absolute atomic E-state index is 13.0. The number of rotatable bonds is 3. The first-order valence-corrected chi connectivity index (χ1v) is 8.97. The number of nitrogens with zero attached hydrogens (tertiary/aromatic N) is 1. The first-order chi connectivity index (χ1) is 13.6. The summed E-state index contributed by atoms with van der Waals surface area (Å²) in [7, 11) is 2.92. The summed E-state index contributed by atoms with van der Waals surface area (Å²) < 4.78 is 10.1. The Bertz CT molecular complexity index is 1080. The summed E-state index contributed by atoms with van der Waals surface area (Å²) in [4.78, 5) is 30.4. The largest absolute Gasteiger partial charge is 0.497 e. The fourth-order valence-corrected chi connectivity index (χ4v) is 3.53. The Kier molecular flexibility index (Phi) is 4.61. The van der Waals surface area contributed by atoms with Crippen LogP contribution in [0.4, 0.5) is 0 Å². The molecule has 1 aromatic heterocycles. The Morgan fingerprint density at radius 1 is 1.04 bits per heavy atom. The average molecular weight is 376 g/mol. The van der Waals surface area contributed by atoms with E-state index in [0.717, 1.165) is 16.5 Å². The van der Waals surface area contributed by atoms with E-state index in [0.29, 0.717) is 35.5 Å². The number of ether oxygens (including phenoxy) is 2. The van der Waals surface area contributed by atoms with Crippen molar-refractivity contribution in [3.8, 4) is 5.75 Å². The number of aromatic amines is 1. The van der Waals surface area contributed by atoms with Gasteiger partial charge in [-0.15, -0.1) is 0 Å². The summed E-state index contributed by atoms with van der Waals surface area (Å²) in [5, 5.41) is 1.05. The molecule has 0 fully saturated rings. The van der Waals surface area contributed by atoms with E-state index in [1.807, 2.05) is 24.3 Å². The number of hydrogen-bond donors (Lipinski definition) is 1. The molecule has 6 heteroatoms. The van der Waals surface area contributed by atoms with Crippen LogP contribution in [0.2, 0.25) is 0 Å². The minimum absolute atomic E-state index is 0.182. The number of nitrogens with one attached hydrogen (secondary N) is 1. The Balaban J connectivity index is 1.76. The molecule has 0 aliphatic carbocycles. The number of benzene rings is 2. The molecule has 2 aromatic carbocycles. The second-order valence-electron chi connectivity index (χ2n) is 6.54. The Hall–Kier alpha value is -3.54. The van der Waals surface area contributed by atoms with Gasteiger partial charge < -0.3 is 19.4 Å². The van der Waals surface area contributed by atoms with Crippen molar-refractivity contribution in [2.75, 3.05) is 20.8 Å². The van der Waals surface area contributed by atoms with Crippen molar-refractivity contribution in [2.45, 2.75) is 6.42 Å². The SMILES string of the molecule is COC(=O)C1=CN(C(=O)c2ccc(OC)cc2)CCc2c1[nH]c1ccccc21. The third-order valence-corrected chi connectivity index (χ3v) is 4.97. The highest BCUT2D eigenvalue weighted by molar-refractivity contribution is 6.18. The number of fused-ring (bicyclic) bond motifs is 3. The third kappa shape index (κ3) is 3.03. The molecule has 0 spiro atoms. The lowest BCUT2D eigenvalue weighted by atomic mass is 10.0. The number of hydrogen-bond acceptors (Lipinski definition) is 4. The second-order valence-corrected chi connectivity index (χ2v) is 6.54. The monoisotopic (exact) mass is 376 g/mol. The molecular weight excluding hydrogens is 356 g/mol. The molecule has 0 atom stereocenters. The molecule has 0 radical (unpaired) electrons. The topological polar surface area (TPSA) is 71.6 Å². The van der Waals surface area contributed by atoms with Gasteiger partial charge in [0.05, 0.1) is 25.5 Å². The van der Waals surface area contributed by atoms with Gasteiger partial charge in [0.2, 0.25) is 0 Å².